The lowest BCUT2D eigenvalue weighted by Crippen LogP contribution is -2.22. The number of nitrogens with one attached hydrogen (secondary N) is 1. The van der Waals surface area contributed by atoms with Crippen LogP contribution in [0.1, 0.15) is 22.8 Å². The molecule has 0 spiro atoms. The third-order valence-electron chi connectivity index (χ3n) is 4.35. The number of ether oxygens (including phenoxy) is 3. The molecule has 146 valence electrons. The Hall–Kier alpha value is -2.92. The van der Waals surface area contributed by atoms with Gasteiger partial charge in [0.15, 0.2) is 11.5 Å². The zero-order chi connectivity index (χ0) is 20.1. The van der Waals surface area contributed by atoms with Crippen LogP contribution in [-0.4, -0.2) is 26.7 Å². The molecule has 0 heterocycles. The monoisotopic (exact) mass is 399 g/mol. The van der Waals surface area contributed by atoms with Gasteiger partial charge in [-0.25, -0.2) is 0 Å². The van der Waals surface area contributed by atoms with Crippen molar-refractivity contribution in [3.05, 3.63) is 64.7 Å². The van der Waals surface area contributed by atoms with Crippen molar-refractivity contribution in [1.29, 1.82) is 0 Å². The van der Waals surface area contributed by atoms with Gasteiger partial charge < -0.3 is 19.5 Å². The summed E-state index contributed by atoms with van der Waals surface area (Å²) in [5.74, 6) is 1.44. The summed E-state index contributed by atoms with van der Waals surface area (Å²) in [5.41, 5.74) is 1.41. The molecule has 0 saturated heterocycles. The molecule has 0 radical (unpaired) electrons. The lowest BCUT2D eigenvalue weighted by molar-refractivity contribution is 0.0950. The van der Waals surface area contributed by atoms with Gasteiger partial charge in [-0.3, -0.25) is 4.79 Å². The van der Waals surface area contributed by atoms with Gasteiger partial charge in [0, 0.05) is 12.1 Å². The number of benzene rings is 3. The molecule has 0 bridgehead atoms. The summed E-state index contributed by atoms with van der Waals surface area (Å²) in [6.07, 6.45) is 0. The number of hydrogen-bond donors (Lipinski definition) is 1. The molecule has 5 nitrogen and oxygen atoms in total. The van der Waals surface area contributed by atoms with E-state index in [4.69, 9.17) is 25.8 Å². The van der Waals surface area contributed by atoms with Gasteiger partial charge in [-0.05, 0) is 53.6 Å². The fourth-order valence-corrected chi connectivity index (χ4v) is 3.20. The maximum absolute atomic E-state index is 12.6. The van der Waals surface area contributed by atoms with Crippen LogP contribution >= 0.6 is 11.6 Å². The van der Waals surface area contributed by atoms with E-state index in [1.165, 1.54) is 7.11 Å². The normalized spacial score (nSPS) is 10.6. The topological polar surface area (TPSA) is 56.8 Å². The summed E-state index contributed by atoms with van der Waals surface area (Å²) in [6, 6.07) is 15.1. The lowest BCUT2D eigenvalue weighted by Gasteiger charge is -2.13. The molecule has 3 rings (SSSR count). The van der Waals surface area contributed by atoms with Crippen LogP contribution in [0.15, 0.2) is 48.5 Å². The fourth-order valence-electron chi connectivity index (χ4n) is 2.93. The van der Waals surface area contributed by atoms with Crippen molar-refractivity contribution in [2.45, 2.75) is 13.5 Å². The van der Waals surface area contributed by atoms with E-state index < -0.39 is 0 Å². The molecule has 28 heavy (non-hydrogen) atoms. The number of fused-ring (bicyclic) bond motifs is 1. The van der Waals surface area contributed by atoms with Crippen molar-refractivity contribution in [3.63, 3.8) is 0 Å². The maximum Gasteiger partial charge on any atom is 0.251 e. The highest BCUT2D eigenvalue weighted by molar-refractivity contribution is 6.32. The molecule has 3 aromatic rings. The van der Waals surface area contributed by atoms with E-state index in [1.54, 1.807) is 19.2 Å². The van der Waals surface area contributed by atoms with Gasteiger partial charge >= 0.3 is 0 Å². The third kappa shape index (κ3) is 4.31. The van der Waals surface area contributed by atoms with E-state index in [-0.39, 0.29) is 5.91 Å². The Morgan fingerprint density at radius 1 is 1.00 bits per heavy atom. The molecular formula is C22H22ClNO4. The van der Waals surface area contributed by atoms with Crippen LogP contribution in [0, 0.1) is 0 Å². The first-order valence-electron chi connectivity index (χ1n) is 8.91. The highest BCUT2D eigenvalue weighted by atomic mass is 35.5. The molecule has 6 heteroatoms. The second kappa shape index (κ2) is 8.85. The predicted octanol–water partition coefficient (Wildman–Crippen LogP) is 4.84. The smallest absolute Gasteiger partial charge is 0.251 e. The third-order valence-corrected chi connectivity index (χ3v) is 4.63. The molecule has 0 saturated carbocycles. The van der Waals surface area contributed by atoms with Crippen LogP contribution in [0.3, 0.4) is 0 Å². The van der Waals surface area contributed by atoms with Crippen LogP contribution in [0.2, 0.25) is 5.02 Å². The zero-order valence-corrected chi connectivity index (χ0v) is 16.8. The molecule has 0 aliphatic carbocycles. The van der Waals surface area contributed by atoms with E-state index in [9.17, 15) is 4.79 Å². The van der Waals surface area contributed by atoms with Crippen molar-refractivity contribution >= 4 is 28.3 Å². The van der Waals surface area contributed by atoms with Crippen molar-refractivity contribution < 1.29 is 19.0 Å². The molecule has 0 fully saturated rings. The van der Waals surface area contributed by atoms with E-state index in [2.05, 4.69) is 5.32 Å². The van der Waals surface area contributed by atoms with Gasteiger partial charge in [0.2, 0.25) is 0 Å². The molecule has 1 N–H and O–H groups in total. The summed E-state index contributed by atoms with van der Waals surface area (Å²) < 4.78 is 16.0. The van der Waals surface area contributed by atoms with E-state index in [0.717, 1.165) is 22.1 Å². The van der Waals surface area contributed by atoms with Crippen LogP contribution in [0.25, 0.3) is 10.8 Å². The standard InChI is InChI=1S/C22H22ClNO4/c1-4-28-21-19(23)11-17(12-20(21)27-3)22(25)24-13-14-5-6-16-10-18(26-2)8-7-15(16)9-14/h5-12H,4,13H2,1-3H3,(H,24,25). The van der Waals surface area contributed by atoms with Gasteiger partial charge in [0.25, 0.3) is 5.91 Å². The van der Waals surface area contributed by atoms with Crippen molar-refractivity contribution in [2.75, 3.05) is 20.8 Å². The summed E-state index contributed by atoms with van der Waals surface area (Å²) in [4.78, 5) is 12.6. The summed E-state index contributed by atoms with van der Waals surface area (Å²) >= 11 is 6.25. The molecule has 1 amide bonds. The van der Waals surface area contributed by atoms with Crippen LogP contribution in [-0.2, 0) is 6.54 Å². The van der Waals surface area contributed by atoms with E-state index in [0.29, 0.717) is 35.2 Å². The Labute approximate surface area is 169 Å². The van der Waals surface area contributed by atoms with Crippen LogP contribution in [0.5, 0.6) is 17.2 Å². The highest BCUT2D eigenvalue weighted by Crippen LogP contribution is 2.36. The number of rotatable bonds is 7. The summed E-state index contributed by atoms with van der Waals surface area (Å²) in [7, 11) is 3.16. The van der Waals surface area contributed by atoms with Gasteiger partial charge in [-0.15, -0.1) is 0 Å². The SMILES string of the molecule is CCOc1c(Cl)cc(C(=O)NCc2ccc3cc(OC)ccc3c2)cc1OC. The number of hydrogen-bond acceptors (Lipinski definition) is 4. The van der Waals surface area contributed by atoms with Gasteiger partial charge in [0.1, 0.15) is 5.75 Å². The Morgan fingerprint density at radius 3 is 2.46 bits per heavy atom. The lowest BCUT2D eigenvalue weighted by atomic mass is 10.1. The second-order valence-electron chi connectivity index (χ2n) is 6.15. The van der Waals surface area contributed by atoms with Gasteiger partial charge in [0.05, 0.1) is 25.8 Å². The second-order valence-corrected chi connectivity index (χ2v) is 6.56. The molecule has 0 aromatic heterocycles. The highest BCUT2D eigenvalue weighted by Gasteiger charge is 2.15. The van der Waals surface area contributed by atoms with Crippen molar-refractivity contribution in [1.82, 2.24) is 5.32 Å². The Morgan fingerprint density at radius 2 is 1.75 bits per heavy atom. The van der Waals surface area contributed by atoms with Crippen LogP contribution in [0.4, 0.5) is 0 Å². The first-order valence-corrected chi connectivity index (χ1v) is 9.28. The molecule has 0 unspecified atom stereocenters. The number of carbonyl (C=O) groups excluding carboxylic acids is 1. The minimum absolute atomic E-state index is 0.238. The first kappa shape index (κ1) is 19.8. The quantitative estimate of drug-likeness (QED) is 0.617. The van der Waals surface area contributed by atoms with Crippen molar-refractivity contribution in [3.8, 4) is 17.2 Å². The van der Waals surface area contributed by atoms with E-state index >= 15 is 0 Å². The number of methoxy groups -OCH3 is 2. The Kier molecular flexibility index (Phi) is 6.26. The predicted molar refractivity (Wildman–Crippen MR) is 111 cm³/mol. The molecule has 3 aromatic carbocycles. The molecular weight excluding hydrogens is 378 g/mol. The average Bonchev–Trinajstić information content (AvgIpc) is 2.72. The fraction of sp³-hybridized carbons (Fsp3) is 0.227. The molecule has 0 aliphatic rings. The molecule has 0 aliphatic heterocycles. The van der Waals surface area contributed by atoms with Gasteiger partial charge in [-0.1, -0.05) is 29.8 Å². The van der Waals surface area contributed by atoms with Gasteiger partial charge in [-0.2, -0.15) is 0 Å². The van der Waals surface area contributed by atoms with Crippen LogP contribution < -0.4 is 19.5 Å². The minimum atomic E-state index is -0.238. The summed E-state index contributed by atoms with van der Waals surface area (Å²) in [6.45, 7) is 2.71. The van der Waals surface area contributed by atoms with Crippen molar-refractivity contribution in [2.24, 2.45) is 0 Å². The zero-order valence-electron chi connectivity index (χ0n) is 16.0. The largest absolute Gasteiger partial charge is 0.497 e. The Balaban J connectivity index is 1.75. The number of amides is 1. The minimum Gasteiger partial charge on any atom is -0.497 e. The Bertz CT molecular complexity index is 1000. The maximum atomic E-state index is 12.6. The average molecular weight is 400 g/mol. The summed E-state index contributed by atoms with van der Waals surface area (Å²) in [5, 5.41) is 5.42. The van der Waals surface area contributed by atoms with E-state index in [1.807, 2.05) is 43.3 Å². The number of halogens is 1. The number of carbonyl (C=O) groups is 1. The molecule has 0 atom stereocenters. The first-order chi connectivity index (χ1) is 13.5.